The van der Waals surface area contributed by atoms with Gasteiger partial charge in [-0.15, -0.1) is 11.3 Å². The van der Waals surface area contributed by atoms with Crippen LogP contribution in [0.4, 0.5) is 0 Å². The maximum Gasteiger partial charge on any atom is 0.264 e. The number of aliphatic hydroxyl groups is 1. The summed E-state index contributed by atoms with van der Waals surface area (Å²) in [5.41, 5.74) is 0. The molecule has 2 aliphatic rings. The van der Waals surface area contributed by atoms with Crippen molar-refractivity contribution >= 4 is 23.2 Å². The van der Waals surface area contributed by atoms with Crippen LogP contribution in [0.15, 0.2) is 17.5 Å². The third-order valence-electron chi connectivity index (χ3n) is 4.98. The van der Waals surface area contributed by atoms with E-state index in [0.29, 0.717) is 18.0 Å². The first-order valence-corrected chi connectivity index (χ1v) is 9.27. The molecule has 126 valence electrons. The van der Waals surface area contributed by atoms with Crippen LogP contribution in [0.1, 0.15) is 42.3 Å². The molecular formula is C17H24N2O3S. The maximum absolute atomic E-state index is 12.9. The van der Waals surface area contributed by atoms with Gasteiger partial charge in [0.05, 0.1) is 11.0 Å². The van der Waals surface area contributed by atoms with Gasteiger partial charge in [0.25, 0.3) is 5.91 Å². The fraction of sp³-hybridized carbons (Fsp3) is 0.647. The van der Waals surface area contributed by atoms with Crippen molar-refractivity contribution in [1.29, 1.82) is 0 Å². The van der Waals surface area contributed by atoms with E-state index in [-0.39, 0.29) is 23.8 Å². The van der Waals surface area contributed by atoms with Gasteiger partial charge in [-0.05, 0) is 44.1 Å². The van der Waals surface area contributed by atoms with E-state index >= 15 is 0 Å². The van der Waals surface area contributed by atoms with Crippen molar-refractivity contribution in [3.63, 3.8) is 0 Å². The van der Waals surface area contributed by atoms with E-state index in [2.05, 4.69) is 0 Å². The molecule has 2 amide bonds. The number of carbonyl (C=O) groups excluding carboxylic acids is 2. The number of likely N-dealkylation sites (tertiary alicyclic amines) is 2. The second kappa shape index (κ2) is 7.01. The molecule has 0 spiro atoms. The molecule has 5 nitrogen and oxygen atoms in total. The molecule has 3 rings (SSSR count). The van der Waals surface area contributed by atoms with Crippen molar-refractivity contribution in [2.75, 3.05) is 19.6 Å². The number of aliphatic hydroxyl groups excluding tert-OH is 1. The van der Waals surface area contributed by atoms with Gasteiger partial charge in [0.1, 0.15) is 6.04 Å². The van der Waals surface area contributed by atoms with Gasteiger partial charge in [-0.25, -0.2) is 0 Å². The summed E-state index contributed by atoms with van der Waals surface area (Å²) in [5, 5.41) is 11.7. The molecule has 3 heterocycles. The van der Waals surface area contributed by atoms with E-state index in [9.17, 15) is 14.7 Å². The molecule has 1 N–H and O–H groups in total. The zero-order valence-electron chi connectivity index (χ0n) is 13.5. The summed E-state index contributed by atoms with van der Waals surface area (Å²) in [5.74, 6) is 0.174. The van der Waals surface area contributed by atoms with Gasteiger partial charge in [-0.2, -0.15) is 0 Å². The smallest absolute Gasteiger partial charge is 0.264 e. The number of amides is 2. The molecule has 1 aromatic rings. The first-order valence-electron chi connectivity index (χ1n) is 8.39. The molecule has 3 atom stereocenters. The molecule has 6 heteroatoms. The van der Waals surface area contributed by atoms with Crippen LogP contribution >= 0.6 is 11.3 Å². The number of carbonyl (C=O) groups is 2. The molecular weight excluding hydrogens is 312 g/mol. The number of piperidine rings is 1. The van der Waals surface area contributed by atoms with Gasteiger partial charge < -0.3 is 14.9 Å². The van der Waals surface area contributed by atoms with E-state index in [0.717, 1.165) is 32.2 Å². The highest BCUT2D eigenvalue weighted by Crippen LogP contribution is 2.26. The lowest BCUT2D eigenvalue weighted by atomic mass is 9.93. The van der Waals surface area contributed by atoms with E-state index in [1.54, 1.807) is 11.8 Å². The molecule has 0 aromatic carbocycles. The molecule has 0 radical (unpaired) electrons. The fourth-order valence-electron chi connectivity index (χ4n) is 3.62. The Morgan fingerprint density at radius 2 is 2.09 bits per heavy atom. The van der Waals surface area contributed by atoms with Gasteiger partial charge >= 0.3 is 0 Å². The standard InChI is InChI=1S/C17H24N2O3S/c1-12(20)13-5-2-8-18(11-13)16(21)14-6-3-9-19(14)17(22)15-7-4-10-23-15/h4,7,10,12-14,20H,2-3,5-6,8-9,11H2,1H3/t12?,13?,14-/m0/s1. The van der Waals surface area contributed by atoms with Gasteiger partial charge in [0.2, 0.25) is 5.91 Å². The summed E-state index contributed by atoms with van der Waals surface area (Å²) in [6, 6.07) is 3.34. The largest absolute Gasteiger partial charge is 0.393 e. The molecule has 0 saturated carbocycles. The Morgan fingerprint density at radius 1 is 1.30 bits per heavy atom. The summed E-state index contributed by atoms with van der Waals surface area (Å²) in [6.07, 6.45) is 3.11. The highest BCUT2D eigenvalue weighted by Gasteiger charge is 2.38. The Labute approximate surface area is 140 Å². The number of nitrogens with zero attached hydrogens (tertiary/aromatic N) is 2. The van der Waals surface area contributed by atoms with Crippen LogP contribution in [0.25, 0.3) is 0 Å². The maximum atomic E-state index is 12.9. The van der Waals surface area contributed by atoms with Crippen LogP contribution in [-0.4, -0.2) is 58.5 Å². The molecule has 2 saturated heterocycles. The van der Waals surface area contributed by atoms with Crippen molar-refractivity contribution < 1.29 is 14.7 Å². The lowest BCUT2D eigenvalue weighted by Crippen LogP contribution is -2.51. The predicted molar refractivity (Wildman–Crippen MR) is 89.4 cm³/mol. The monoisotopic (exact) mass is 336 g/mol. The minimum absolute atomic E-state index is 0.0278. The third kappa shape index (κ3) is 3.43. The van der Waals surface area contributed by atoms with Gasteiger partial charge in [0, 0.05) is 25.6 Å². The fourth-order valence-corrected chi connectivity index (χ4v) is 4.30. The molecule has 1 aromatic heterocycles. The Hall–Kier alpha value is -1.40. The summed E-state index contributed by atoms with van der Waals surface area (Å²) < 4.78 is 0. The van der Waals surface area contributed by atoms with Crippen LogP contribution in [0.5, 0.6) is 0 Å². The van der Waals surface area contributed by atoms with Crippen molar-refractivity contribution in [2.45, 2.75) is 44.8 Å². The van der Waals surface area contributed by atoms with Crippen LogP contribution in [0, 0.1) is 5.92 Å². The molecule has 2 unspecified atom stereocenters. The van der Waals surface area contributed by atoms with Gasteiger partial charge in [-0.1, -0.05) is 6.07 Å². The SMILES string of the molecule is CC(O)C1CCCN(C(=O)[C@@H]2CCCN2C(=O)c2cccs2)C1. The van der Waals surface area contributed by atoms with Crippen LogP contribution in [0.3, 0.4) is 0 Å². The quantitative estimate of drug-likeness (QED) is 0.918. The molecule has 23 heavy (non-hydrogen) atoms. The average molecular weight is 336 g/mol. The average Bonchev–Trinajstić information content (AvgIpc) is 3.25. The highest BCUT2D eigenvalue weighted by molar-refractivity contribution is 7.12. The first-order chi connectivity index (χ1) is 11.1. The zero-order chi connectivity index (χ0) is 16.4. The van der Waals surface area contributed by atoms with Crippen molar-refractivity contribution in [1.82, 2.24) is 9.80 Å². The number of thiophene rings is 1. The van der Waals surface area contributed by atoms with E-state index in [4.69, 9.17) is 0 Å². The normalized spacial score (nSPS) is 26.3. The lowest BCUT2D eigenvalue weighted by Gasteiger charge is -2.37. The predicted octanol–water partition coefficient (Wildman–Crippen LogP) is 1.97. The minimum atomic E-state index is -0.391. The topological polar surface area (TPSA) is 60.9 Å². The van der Waals surface area contributed by atoms with E-state index in [1.807, 2.05) is 22.4 Å². The molecule has 2 fully saturated rings. The highest BCUT2D eigenvalue weighted by atomic mass is 32.1. The number of rotatable bonds is 3. The molecule has 0 bridgehead atoms. The van der Waals surface area contributed by atoms with E-state index in [1.165, 1.54) is 11.3 Å². The summed E-state index contributed by atoms with van der Waals surface area (Å²) in [4.78, 5) is 29.8. The lowest BCUT2D eigenvalue weighted by molar-refractivity contribution is -0.137. The number of hydrogen-bond donors (Lipinski definition) is 1. The third-order valence-corrected chi connectivity index (χ3v) is 5.84. The molecule has 2 aliphatic heterocycles. The minimum Gasteiger partial charge on any atom is -0.393 e. The van der Waals surface area contributed by atoms with Crippen molar-refractivity contribution in [3.05, 3.63) is 22.4 Å². The van der Waals surface area contributed by atoms with Crippen LogP contribution in [0.2, 0.25) is 0 Å². The Balaban J connectivity index is 1.69. The first kappa shape index (κ1) is 16.5. The van der Waals surface area contributed by atoms with E-state index < -0.39 is 6.10 Å². The summed E-state index contributed by atoms with van der Waals surface area (Å²) >= 11 is 1.42. The Kier molecular flexibility index (Phi) is 5.02. The molecule has 0 aliphatic carbocycles. The van der Waals surface area contributed by atoms with Gasteiger partial charge in [0.15, 0.2) is 0 Å². The summed E-state index contributed by atoms with van der Waals surface area (Å²) in [7, 11) is 0. The Morgan fingerprint density at radius 3 is 2.78 bits per heavy atom. The Bertz CT molecular complexity index is 558. The summed E-state index contributed by atoms with van der Waals surface area (Å²) in [6.45, 7) is 3.79. The number of hydrogen-bond acceptors (Lipinski definition) is 4. The zero-order valence-corrected chi connectivity index (χ0v) is 14.3. The van der Waals surface area contributed by atoms with Crippen LogP contribution in [-0.2, 0) is 4.79 Å². The second-order valence-electron chi connectivity index (χ2n) is 6.56. The van der Waals surface area contributed by atoms with Crippen molar-refractivity contribution in [3.8, 4) is 0 Å². The van der Waals surface area contributed by atoms with Crippen LogP contribution < -0.4 is 0 Å². The van der Waals surface area contributed by atoms with Crippen molar-refractivity contribution in [2.24, 2.45) is 5.92 Å². The second-order valence-corrected chi connectivity index (χ2v) is 7.51. The van der Waals surface area contributed by atoms with Gasteiger partial charge in [-0.3, -0.25) is 9.59 Å².